The Labute approximate surface area is 133 Å². The molecule has 0 atom stereocenters. The molecule has 1 aromatic heterocycles. The molecule has 3 aromatic rings. The van der Waals surface area contributed by atoms with Gasteiger partial charge in [-0.2, -0.15) is 0 Å². The van der Waals surface area contributed by atoms with Gasteiger partial charge in [0.2, 0.25) is 0 Å². The van der Waals surface area contributed by atoms with Gasteiger partial charge in [0.1, 0.15) is 18.2 Å². The minimum atomic E-state index is -0.138. The van der Waals surface area contributed by atoms with Crippen LogP contribution >= 0.6 is 0 Å². The summed E-state index contributed by atoms with van der Waals surface area (Å²) in [5.74, 6) is 1.19. The number of aliphatic hydroxyl groups excluding tert-OH is 1. The van der Waals surface area contributed by atoms with Crippen LogP contribution in [0.3, 0.4) is 0 Å². The molecule has 0 saturated heterocycles. The topological polar surface area (TPSA) is 75.2 Å². The Morgan fingerprint density at radius 3 is 2.65 bits per heavy atom. The van der Waals surface area contributed by atoms with E-state index in [1.165, 1.54) is 0 Å². The number of aromatic nitrogens is 2. The van der Waals surface area contributed by atoms with Crippen molar-refractivity contribution in [2.24, 2.45) is 0 Å². The minimum Gasteiger partial charge on any atom is -0.491 e. The van der Waals surface area contributed by atoms with E-state index in [1.807, 2.05) is 30.3 Å². The second kappa shape index (κ2) is 6.62. The molecule has 0 aliphatic carbocycles. The lowest BCUT2D eigenvalue weighted by atomic mass is 10.1. The van der Waals surface area contributed by atoms with Gasteiger partial charge < -0.3 is 14.8 Å². The van der Waals surface area contributed by atoms with Crippen LogP contribution in [0, 0.1) is 0 Å². The van der Waals surface area contributed by atoms with Gasteiger partial charge in [-0.05, 0) is 48.4 Å². The Balaban J connectivity index is 1.98. The molecular formula is C18H18N2O3. The number of ether oxygens (including phenoxy) is 1. The van der Waals surface area contributed by atoms with Crippen LogP contribution in [0.4, 0.5) is 0 Å². The smallest absolute Gasteiger partial charge is 0.259 e. The van der Waals surface area contributed by atoms with Gasteiger partial charge >= 0.3 is 0 Å². The summed E-state index contributed by atoms with van der Waals surface area (Å²) in [7, 11) is 0. The number of hydrogen-bond acceptors (Lipinski definition) is 4. The van der Waals surface area contributed by atoms with Gasteiger partial charge in [0, 0.05) is 5.56 Å². The fraction of sp³-hybridized carbons (Fsp3) is 0.222. The molecule has 3 rings (SSSR count). The zero-order valence-electron chi connectivity index (χ0n) is 12.9. The first-order valence-electron chi connectivity index (χ1n) is 7.58. The molecule has 2 N–H and O–H groups in total. The van der Waals surface area contributed by atoms with E-state index in [0.717, 1.165) is 17.5 Å². The fourth-order valence-electron chi connectivity index (χ4n) is 2.41. The van der Waals surface area contributed by atoms with Gasteiger partial charge in [-0.15, -0.1) is 0 Å². The quantitative estimate of drug-likeness (QED) is 0.759. The van der Waals surface area contributed by atoms with E-state index in [0.29, 0.717) is 22.5 Å². The van der Waals surface area contributed by atoms with Crippen molar-refractivity contribution in [3.8, 4) is 17.1 Å². The highest BCUT2D eigenvalue weighted by molar-refractivity contribution is 5.80. The molecule has 1 heterocycles. The first-order chi connectivity index (χ1) is 11.2. The van der Waals surface area contributed by atoms with Crippen LogP contribution in [0.2, 0.25) is 0 Å². The van der Waals surface area contributed by atoms with Gasteiger partial charge in [-0.25, -0.2) is 4.98 Å². The number of aliphatic hydroxyl groups is 1. The lowest BCUT2D eigenvalue weighted by Gasteiger charge is -2.07. The molecule has 0 bridgehead atoms. The van der Waals surface area contributed by atoms with Crippen LogP contribution < -0.4 is 10.3 Å². The predicted octanol–water partition coefficient (Wildman–Crippen LogP) is 2.52. The molecule has 118 valence electrons. The molecule has 0 aliphatic rings. The SMILES string of the molecule is CCc1ccc2nc(-c3ccc(OCCO)cc3)[nH]c(=O)c2c1. The lowest BCUT2D eigenvalue weighted by Crippen LogP contribution is -2.10. The van der Waals surface area contributed by atoms with Gasteiger partial charge in [-0.3, -0.25) is 4.79 Å². The molecule has 0 aliphatic heterocycles. The van der Waals surface area contributed by atoms with E-state index >= 15 is 0 Å². The maximum Gasteiger partial charge on any atom is 0.259 e. The van der Waals surface area contributed by atoms with Crippen LogP contribution in [0.25, 0.3) is 22.3 Å². The van der Waals surface area contributed by atoms with Gasteiger partial charge in [0.25, 0.3) is 5.56 Å². The number of aromatic amines is 1. The number of nitrogens with zero attached hydrogens (tertiary/aromatic N) is 1. The van der Waals surface area contributed by atoms with E-state index in [-0.39, 0.29) is 18.8 Å². The Morgan fingerprint density at radius 1 is 1.17 bits per heavy atom. The summed E-state index contributed by atoms with van der Waals surface area (Å²) in [6.07, 6.45) is 0.881. The van der Waals surface area contributed by atoms with Crippen molar-refractivity contribution in [3.05, 3.63) is 58.4 Å². The van der Waals surface area contributed by atoms with Gasteiger partial charge in [0.05, 0.1) is 17.5 Å². The summed E-state index contributed by atoms with van der Waals surface area (Å²) in [5.41, 5.74) is 2.46. The van der Waals surface area contributed by atoms with E-state index in [4.69, 9.17) is 9.84 Å². The maximum absolute atomic E-state index is 12.3. The maximum atomic E-state index is 12.3. The Morgan fingerprint density at radius 2 is 1.96 bits per heavy atom. The second-order valence-corrected chi connectivity index (χ2v) is 5.22. The summed E-state index contributed by atoms with van der Waals surface area (Å²) in [6.45, 7) is 2.28. The Bertz CT molecular complexity index is 870. The normalized spacial score (nSPS) is 10.9. The molecule has 2 aromatic carbocycles. The van der Waals surface area contributed by atoms with Crippen LogP contribution in [0.1, 0.15) is 12.5 Å². The third-order valence-electron chi connectivity index (χ3n) is 3.67. The highest BCUT2D eigenvalue weighted by atomic mass is 16.5. The van der Waals surface area contributed by atoms with E-state index in [2.05, 4.69) is 16.9 Å². The summed E-state index contributed by atoms with van der Waals surface area (Å²) >= 11 is 0. The van der Waals surface area contributed by atoms with Crippen LogP contribution in [-0.4, -0.2) is 28.3 Å². The largest absolute Gasteiger partial charge is 0.491 e. The second-order valence-electron chi connectivity index (χ2n) is 5.22. The van der Waals surface area contributed by atoms with E-state index in [9.17, 15) is 4.79 Å². The van der Waals surface area contributed by atoms with Crippen LogP contribution in [-0.2, 0) is 6.42 Å². The number of nitrogens with one attached hydrogen (secondary N) is 1. The third-order valence-corrected chi connectivity index (χ3v) is 3.67. The van der Waals surface area contributed by atoms with Gasteiger partial charge in [-0.1, -0.05) is 13.0 Å². The molecule has 0 radical (unpaired) electrons. The first-order valence-corrected chi connectivity index (χ1v) is 7.58. The summed E-state index contributed by atoms with van der Waals surface area (Å²) in [6, 6.07) is 13.0. The van der Waals surface area contributed by atoms with Crippen molar-refractivity contribution in [2.45, 2.75) is 13.3 Å². The fourth-order valence-corrected chi connectivity index (χ4v) is 2.41. The standard InChI is InChI=1S/C18H18N2O3/c1-2-12-3-8-16-15(11-12)18(22)20-17(19-16)13-4-6-14(7-5-13)23-10-9-21/h3-8,11,21H,2,9-10H2,1H3,(H,19,20,22). The van der Waals surface area contributed by atoms with Crippen molar-refractivity contribution in [3.63, 3.8) is 0 Å². The molecule has 0 unspecified atom stereocenters. The average Bonchev–Trinajstić information content (AvgIpc) is 2.60. The van der Waals surface area contributed by atoms with Crippen LogP contribution in [0.5, 0.6) is 5.75 Å². The highest BCUT2D eigenvalue weighted by Crippen LogP contribution is 2.20. The third kappa shape index (κ3) is 3.24. The summed E-state index contributed by atoms with van der Waals surface area (Å²) in [4.78, 5) is 19.7. The molecule has 0 amide bonds. The monoisotopic (exact) mass is 310 g/mol. The predicted molar refractivity (Wildman–Crippen MR) is 89.8 cm³/mol. The van der Waals surface area contributed by atoms with Gasteiger partial charge in [0.15, 0.2) is 0 Å². The number of aryl methyl sites for hydroxylation is 1. The average molecular weight is 310 g/mol. The molecule has 5 nitrogen and oxygen atoms in total. The number of hydrogen-bond donors (Lipinski definition) is 2. The minimum absolute atomic E-state index is 0.0267. The van der Waals surface area contributed by atoms with Crippen molar-refractivity contribution in [1.29, 1.82) is 0 Å². The van der Waals surface area contributed by atoms with E-state index < -0.39 is 0 Å². The number of fused-ring (bicyclic) bond motifs is 1. The Kier molecular flexibility index (Phi) is 4.39. The number of rotatable bonds is 5. The molecule has 0 spiro atoms. The summed E-state index contributed by atoms with van der Waals surface area (Å²) in [5, 5.41) is 9.36. The summed E-state index contributed by atoms with van der Waals surface area (Å²) < 4.78 is 5.32. The van der Waals surface area contributed by atoms with Crippen LogP contribution in [0.15, 0.2) is 47.3 Å². The lowest BCUT2D eigenvalue weighted by molar-refractivity contribution is 0.201. The Hall–Kier alpha value is -2.66. The zero-order valence-corrected chi connectivity index (χ0v) is 12.9. The van der Waals surface area contributed by atoms with Crippen molar-refractivity contribution >= 4 is 10.9 Å². The van der Waals surface area contributed by atoms with E-state index in [1.54, 1.807) is 12.1 Å². The van der Waals surface area contributed by atoms with Crippen molar-refractivity contribution in [1.82, 2.24) is 9.97 Å². The molecule has 23 heavy (non-hydrogen) atoms. The molecular weight excluding hydrogens is 292 g/mol. The highest BCUT2D eigenvalue weighted by Gasteiger charge is 2.07. The molecule has 0 saturated carbocycles. The number of H-pyrrole nitrogens is 1. The zero-order chi connectivity index (χ0) is 16.2. The molecule has 0 fully saturated rings. The first kappa shape index (κ1) is 15.2. The van der Waals surface area contributed by atoms with Crippen molar-refractivity contribution in [2.75, 3.05) is 13.2 Å². The van der Waals surface area contributed by atoms with Crippen molar-refractivity contribution < 1.29 is 9.84 Å². The number of benzene rings is 2. The molecule has 5 heteroatoms.